The quantitative estimate of drug-likeness (QED) is 0.863. The topological polar surface area (TPSA) is 57.8 Å². The van der Waals surface area contributed by atoms with E-state index in [4.69, 9.17) is 0 Å². The molecule has 2 N–H and O–H groups in total. The van der Waals surface area contributed by atoms with Gasteiger partial charge in [0, 0.05) is 30.2 Å². The summed E-state index contributed by atoms with van der Waals surface area (Å²) in [5, 5.41) is 4.18. The first-order valence-electron chi connectivity index (χ1n) is 6.94. The molecule has 0 bridgehead atoms. The van der Waals surface area contributed by atoms with E-state index in [9.17, 15) is 4.79 Å². The van der Waals surface area contributed by atoms with Crippen LogP contribution in [0, 0.1) is 11.8 Å². The van der Waals surface area contributed by atoms with Crippen molar-refractivity contribution >= 4 is 16.9 Å². The molecule has 1 amide bonds. The normalized spacial score (nSPS) is 16.5. The van der Waals surface area contributed by atoms with Gasteiger partial charge >= 0.3 is 0 Å². The molecule has 0 aromatic carbocycles. The molecular weight excluding hydrogens is 238 g/mol. The molecule has 0 aliphatic heterocycles. The Balaban J connectivity index is 1.56. The molecular formula is C15H19N3O. The zero-order valence-electron chi connectivity index (χ0n) is 11.1. The van der Waals surface area contributed by atoms with Crippen molar-refractivity contribution in [3.8, 4) is 0 Å². The fourth-order valence-electron chi connectivity index (χ4n) is 2.51. The number of nitrogens with one attached hydrogen (secondary N) is 2. The molecule has 2 aromatic heterocycles. The van der Waals surface area contributed by atoms with Gasteiger partial charge in [-0.25, -0.2) is 4.98 Å². The molecule has 1 saturated carbocycles. The zero-order chi connectivity index (χ0) is 13.2. The summed E-state index contributed by atoms with van der Waals surface area (Å²) in [5.74, 6) is 0.988. The molecule has 19 heavy (non-hydrogen) atoms. The number of pyridine rings is 1. The van der Waals surface area contributed by atoms with E-state index in [0.717, 1.165) is 17.5 Å². The van der Waals surface area contributed by atoms with E-state index in [0.29, 0.717) is 12.5 Å². The fourth-order valence-corrected chi connectivity index (χ4v) is 2.51. The van der Waals surface area contributed by atoms with E-state index >= 15 is 0 Å². The van der Waals surface area contributed by atoms with Crippen LogP contribution in [-0.2, 0) is 11.2 Å². The summed E-state index contributed by atoms with van der Waals surface area (Å²) >= 11 is 0. The van der Waals surface area contributed by atoms with E-state index < -0.39 is 0 Å². The van der Waals surface area contributed by atoms with Crippen LogP contribution in [0.5, 0.6) is 0 Å². The standard InChI is InChI=1S/C15H19N3O/c1-10(11-4-5-11)15(19)17-8-6-12-9-18-14-13(12)3-2-7-16-14/h2-3,7,9-11H,4-6,8H2,1H3,(H,16,18)(H,17,19)/t10-/m0/s1. The number of rotatable bonds is 5. The Hall–Kier alpha value is -1.84. The van der Waals surface area contributed by atoms with Crippen molar-refractivity contribution in [1.82, 2.24) is 15.3 Å². The van der Waals surface area contributed by atoms with Crippen molar-refractivity contribution < 1.29 is 4.79 Å². The van der Waals surface area contributed by atoms with Crippen LogP contribution in [0.3, 0.4) is 0 Å². The Kier molecular flexibility index (Phi) is 3.23. The van der Waals surface area contributed by atoms with Gasteiger partial charge in [-0.1, -0.05) is 6.92 Å². The van der Waals surface area contributed by atoms with E-state index in [1.54, 1.807) is 6.20 Å². The van der Waals surface area contributed by atoms with E-state index in [1.165, 1.54) is 18.4 Å². The maximum Gasteiger partial charge on any atom is 0.223 e. The summed E-state index contributed by atoms with van der Waals surface area (Å²) in [6.45, 7) is 2.72. The highest BCUT2D eigenvalue weighted by Gasteiger charge is 2.32. The third-order valence-corrected chi connectivity index (χ3v) is 3.97. The lowest BCUT2D eigenvalue weighted by Crippen LogP contribution is -2.31. The second-order valence-corrected chi connectivity index (χ2v) is 5.38. The van der Waals surface area contributed by atoms with E-state index in [2.05, 4.69) is 21.4 Å². The predicted octanol–water partition coefficient (Wildman–Crippen LogP) is 2.27. The van der Waals surface area contributed by atoms with E-state index in [1.807, 2.05) is 19.2 Å². The van der Waals surface area contributed by atoms with Crippen molar-refractivity contribution in [2.75, 3.05) is 6.54 Å². The maximum absolute atomic E-state index is 11.9. The van der Waals surface area contributed by atoms with Gasteiger partial charge in [0.15, 0.2) is 0 Å². The first-order chi connectivity index (χ1) is 9.25. The minimum absolute atomic E-state index is 0.171. The SMILES string of the molecule is C[C@H](C(=O)NCCc1c[nH]c2ncccc12)C1CC1. The minimum Gasteiger partial charge on any atom is -0.356 e. The smallest absolute Gasteiger partial charge is 0.223 e. The predicted molar refractivity (Wildman–Crippen MR) is 74.7 cm³/mol. The molecule has 1 fully saturated rings. The Labute approximate surface area is 112 Å². The first-order valence-corrected chi connectivity index (χ1v) is 6.94. The van der Waals surface area contributed by atoms with Gasteiger partial charge in [0.2, 0.25) is 5.91 Å². The lowest BCUT2D eigenvalue weighted by atomic mass is 10.1. The van der Waals surface area contributed by atoms with Crippen LogP contribution in [0.2, 0.25) is 0 Å². The molecule has 100 valence electrons. The fraction of sp³-hybridized carbons (Fsp3) is 0.467. The maximum atomic E-state index is 11.9. The number of nitrogens with zero attached hydrogens (tertiary/aromatic N) is 1. The molecule has 2 heterocycles. The van der Waals surface area contributed by atoms with Crippen LogP contribution in [0.25, 0.3) is 11.0 Å². The lowest BCUT2D eigenvalue weighted by Gasteiger charge is -2.10. The van der Waals surface area contributed by atoms with Gasteiger partial charge in [-0.05, 0) is 42.9 Å². The minimum atomic E-state index is 0.171. The van der Waals surface area contributed by atoms with Gasteiger partial charge < -0.3 is 10.3 Å². The number of H-pyrrole nitrogens is 1. The van der Waals surface area contributed by atoms with Crippen LogP contribution in [0.1, 0.15) is 25.3 Å². The number of aromatic nitrogens is 2. The average Bonchev–Trinajstić information content (AvgIpc) is 3.20. The van der Waals surface area contributed by atoms with Gasteiger partial charge in [-0.15, -0.1) is 0 Å². The van der Waals surface area contributed by atoms with Crippen LogP contribution in [0.15, 0.2) is 24.5 Å². The molecule has 0 unspecified atom stereocenters. The van der Waals surface area contributed by atoms with Crippen LogP contribution < -0.4 is 5.32 Å². The second kappa shape index (κ2) is 5.03. The first kappa shape index (κ1) is 12.2. The van der Waals surface area contributed by atoms with Gasteiger partial charge in [0.25, 0.3) is 0 Å². The third kappa shape index (κ3) is 2.62. The van der Waals surface area contributed by atoms with Crippen molar-refractivity contribution in [3.05, 3.63) is 30.1 Å². The van der Waals surface area contributed by atoms with Gasteiger partial charge in [-0.2, -0.15) is 0 Å². The van der Waals surface area contributed by atoms with Crippen molar-refractivity contribution in [3.63, 3.8) is 0 Å². The van der Waals surface area contributed by atoms with Crippen molar-refractivity contribution in [1.29, 1.82) is 0 Å². The summed E-state index contributed by atoms with van der Waals surface area (Å²) in [7, 11) is 0. The van der Waals surface area contributed by atoms with Gasteiger partial charge in [-0.3, -0.25) is 4.79 Å². The molecule has 1 aliphatic rings. The second-order valence-electron chi connectivity index (χ2n) is 5.38. The van der Waals surface area contributed by atoms with Crippen LogP contribution in [-0.4, -0.2) is 22.4 Å². The molecule has 0 saturated heterocycles. The number of hydrogen-bond acceptors (Lipinski definition) is 2. The lowest BCUT2D eigenvalue weighted by molar-refractivity contribution is -0.125. The highest BCUT2D eigenvalue weighted by Crippen LogP contribution is 2.36. The van der Waals surface area contributed by atoms with Gasteiger partial charge in [0.1, 0.15) is 5.65 Å². The summed E-state index contributed by atoms with van der Waals surface area (Å²) < 4.78 is 0. The van der Waals surface area contributed by atoms with Crippen LogP contribution in [0.4, 0.5) is 0 Å². The Morgan fingerprint density at radius 1 is 1.58 bits per heavy atom. The van der Waals surface area contributed by atoms with E-state index in [-0.39, 0.29) is 11.8 Å². The Bertz CT molecular complexity index is 586. The number of amides is 1. The molecule has 0 radical (unpaired) electrons. The summed E-state index contributed by atoms with van der Waals surface area (Å²) in [4.78, 5) is 19.3. The molecule has 4 heteroatoms. The largest absolute Gasteiger partial charge is 0.356 e. The number of carbonyl (C=O) groups excluding carboxylic acids is 1. The molecule has 4 nitrogen and oxygen atoms in total. The number of aromatic amines is 1. The molecule has 1 aliphatic carbocycles. The highest BCUT2D eigenvalue weighted by atomic mass is 16.1. The third-order valence-electron chi connectivity index (χ3n) is 3.97. The number of carbonyl (C=O) groups is 1. The molecule has 0 spiro atoms. The Morgan fingerprint density at radius 3 is 3.21 bits per heavy atom. The van der Waals surface area contributed by atoms with Crippen molar-refractivity contribution in [2.45, 2.75) is 26.2 Å². The zero-order valence-corrected chi connectivity index (χ0v) is 11.1. The van der Waals surface area contributed by atoms with Crippen LogP contribution >= 0.6 is 0 Å². The molecule has 3 rings (SSSR count). The van der Waals surface area contributed by atoms with Crippen molar-refractivity contribution in [2.24, 2.45) is 11.8 Å². The number of fused-ring (bicyclic) bond motifs is 1. The molecule has 1 atom stereocenters. The summed E-state index contributed by atoms with van der Waals surface area (Å²) in [6, 6.07) is 4.00. The monoisotopic (exact) mass is 257 g/mol. The molecule has 2 aromatic rings. The summed E-state index contributed by atoms with van der Waals surface area (Å²) in [5.41, 5.74) is 2.12. The average molecular weight is 257 g/mol. The number of hydrogen-bond donors (Lipinski definition) is 2. The highest BCUT2D eigenvalue weighted by molar-refractivity contribution is 5.80. The Morgan fingerprint density at radius 2 is 2.42 bits per heavy atom. The summed E-state index contributed by atoms with van der Waals surface area (Å²) in [6.07, 6.45) is 7.02. The van der Waals surface area contributed by atoms with Gasteiger partial charge in [0.05, 0.1) is 0 Å².